The van der Waals surface area contributed by atoms with E-state index in [1.165, 1.54) is 0 Å². The van der Waals surface area contributed by atoms with Gasteiger partial charge < -0.3 is 10.4 Å². The molecule has 2 N–H and O–H groups in total. The highest BCUT2D eigenvalue weighted by Gasteiger charge is 2.06. The predicted octanol–water partition coefficient (Wildman–Crippen LogP) is -0.211. The van der Waals surface area contributed by atoms with Crippen molar-refractivity contribution in [2.75, 3.05) is 20.3 Å². The molecule has 0 aliphatic carbocycles. The summed E-state index contributed by atoms with van der Waals surface area (Å²) in [6, 6.07) is 0. The van der Waals surface area contributed by atoms with E-state index in [-0.39, 0.29) is 5.48 Å². The lowest BCUT2D eigenvalue weighted by atomic mass is 10.9. The molecule has 0 saturated heterocycles. The summed E-state index contributed by atoms with van der Waals surface area (Å²) in [6.07, 6.45) is 3.90. The molecule has 0 fully saturated rings. The Morgan fingerprint density at radius 3 is 2.60 bits per heavy atom. The first kappa shape index (κ1) is 9.26. The Kier molecular flexibility index (Phi) is 3.83. The van der Waals surface area contributed by atoms with Crippen molar-refractivity contribution in [3.05, 3.63) is 12.4 Å². The zero-order chi connectivity index (χ0) is 6.69. The van der Waals surface area contributed by atoms with Crippen LogP contribution < -0.4 is 0 Å². The van der Waals surface area contributed by atoms with Crippen LogP contribution in [0.3, 0.4) is 0 Å². The summed E-state index contributed by atoms with van der Waals surface area (Å²) in [6.45, 7) is 3.55. The molecule has 0 radical (unpaired) electrons. The van der Waals surface area contributed by atoms with E-state index in [0.717, 1.165) is 13.3 Å². The Morgan fingerprint density at radius 2 is 2.20 bits per heavy atom. The van der Waals surface area contributed by atoms with Gasteiger partial charge in [0.1, 0.15) is 6.67 Å². The maximum Gasteiger partial charge on any atom is 0.115 e. The van der Waals surface area contributed by atoms with Crippen LogP contribution in [-0.2, 0) is 4.84 Å². The van der Waals surface area contributed by atoms with Gasteiger partial charge in [-0.3, -0.25) is 4.84 Å². The zero-order valence-electron chi connectivity index (χ0n) is 6.37. The van der Waals surface area contributed by atoms with E-state index in [9.17, 15) is 0 Å². The standard InChI is InChI=1S/C6H12N2O.H2O/c1-3-9-8-5-4-7(2)6-8;/h4-5H,3,6H2,1-2H3;1H2. The van der Waals surface area contributed by atoms with Crippen molar-refractivity contribution in [3.63, 3.8) is 0 Å². The van der Waals surface area contributed by atoms with E-state index in [0.29, 0.717) is 0 Å². The van der Waals surface area contributed by atoms with Crippen LogP contribution in [0.5, 0.6) is 0 Å². The smallest absolute Gasteiger partial charge is 0.115 e. The minimum atomic E-state index is 0. The van der Waals surface area contributed by atoms with Crippen LogP contribution in [0.1, 0.15) is 6.92 Å². The number of hydroxylamine groups is 2. The summed E-state index contributed by atoms with van der Waals surface area (Å²) in [4.78, 5) is 7.23. The first-order valence-corrected chi connectivity index (χ1v) is 3.11. The fourth-order valence-corrected chi connectivity index (χ4v) is 0.752. The van der Waals surface area contributed by atoms with Crippen LogP contribution in [0.15, 0.2) is 12.4 Å². The number of rotatable bonds is 2. The number of nitrogens with zero attached hydrogens (tertiary/aromatic N) is 2. The van der Waals surface area contributed by atoms with Gasteiger partial charge in [0.15, 0.2) is 0 Å². The summed E-state index contributed by atoms with van der Waals surface area (Å²) in [5, 5.41) is 1.81. The van der Waals surface area contributed by atoms with E-state index >= 15 is 0 Å². The Morgan fingerprint density at radius 1 is 1.50 bits per heavy atom. The Bertz CT molecular complexity index is 116. The van der Waals surface area contributed by atoms with Crippen molar-refractivity contribution in [1.82, 2.24) is 9.96 Å². The normalized spacial score (nSPS) is 15.8. The second-order valence-electron chi connectivity index (χ2n) is 2.03. The van der Waals surface area contributed by atoms with E-state index in [1.807, 2.05) is 26.4 Å². The molecule has 0 unspecified atom stereocenters. The van der Waals surface area contributed by atoms with Crippen molar-refractivity contribution in [2.24, 2.45) is 0 Å². The minimum Gasteiger partial charge on any atom is -0.412 e. The fourth-order valence-electron chi connectivity index (χ4n) is 0.752. The molecule has 0 spiro atoms. The van der Waals surface area contributed by atoms with Crippen LogP contribution in [0, 0.1) is 0 Å². The maximum atomic E-state index is 5.18. The summed E-state index contributed by atoms with van der Waals surface area (Å²) in [7, 11) is 2.01. The van der Waals surface area contributed by atoms with Crippen LogP contribution >= 0.6 is 0 Å². The van der Waals surface area contributed by atoms with Crippen LogP contribution in [0.25, 0.3) is 0 Å². The summed E-state index contributed by atoms with van der Waals surface area (Å²) < 4.78 is 0. The molecule has 1 aliphatic heterocycles. The van der Waals surface area contributed by atoms with E-state index < -0.39 is 0 Å². The van der Waals surface area contributed by atoms with Gasteiger partial charge in [0.2, 0.25) is 0 Å². The molecule has 0 bridgehead atoms. The highest BCUT2D eigenvalue weighted by molar-refractivity contribution is 4.84. The molecule has 0 amide bonds. The molecule has 0 aromatic rings. The first-order valence-electron chi connectivity index (χ1n) is 3.11. The third-order valence-corrected chi connectivity index (χ3v) is 1.14. The van der Waals surface area contributed by atoms with Gasteiger partial charge in [-0.1, -0.05) is 0 Å². The van der Waals surface area contributed by atoms with Gasteiger partial charge in [0, 0.05) is 19.4 Å². The average molecular weight is 146 g/mol. The van der Waals surface area contributed by atoms with Gasteiger partial charge in [0.05, 0.1) is 6.61 Å². The van der Waals surface area contributed by atoms with Crippen molar-refractivity contribution in [1.29, 1.82) is 0 Å². The first-order chi connectivity index (χ1) is 4.33. The summed E-state index contributed by atoms with van der Waals surface area (Å²) in [5.74, 6) is 0. The molecule has 1 heterocycles. The van der Waals surface area contributed by atoms with E-state index in [4.69, 9.17) is 4.84 Å². The van der Waals surface area contributed by atoms with Gasteiger partial charge in [-0.25, -0.2) is 5.06 Å². The van der Waals surface area contributed by atoms with Crippen molar-refractivity contribution < 1.29 is 10.3 Å². The Hall–Kier alpha value is -0.740. The van der Waals surface area contributed by atoms with E-state index in [1.54, 1.807) is 5.06 Å². The van der Waals surface area contributed by atoms with Crippen molar-refractivity contribution in [3.8, 4) is 0 Å². The maximum absolute atomic E-state index is 5.18. The van der Waals surface area contributed by atoms with Crippen molar-refractivity contribution in [2.45, 2.75) is 6.92 Å². The quantitative estimate of drug-likeness (QED) is 0.541. The molecular formula is C6H14N2O2. The monoisotopic (exact) mass is 146 g/mol. The molecule has 10 heavy (non-hydrogen) atoms. The van der Waals surface area contributed by atoms with Crippen molar-refractivity contribution >= 4 is 0 Å². The van der Waals surface area contributed by atoms with Gasteiger partial charge >= 0.3 is 0 Å². The molecule has 0 atom stereocenters. The average Bonchev–Trinajstić information content (AvgIpc) is 2.17. The van der Waals surface area contributed by atoms with E-state index in [2.05, 4.69) is 4.90 Å². The molecular weight excluding hydrogens is 132 g/mol. The number of hydrogen-bond acceptors (Lipinski definition) is 3. The van der Waals surface area contributed by atoms with Crippen LogP contribution in [-0.4, -0.2) is 35.8 Å². The lowest BCUT2D eigenvalue weighted by Gasteiger charge is -2.15. The minimum absolute atomic E-state index is 0. The molecule has 4 heteroatoms. The third kappa shape index (κ3) is 2.24. The lowest BCUT2D eigenvalue weighted by Crippen LogP contribution is -2.22. The second kappa shape index (κ2) is 4.14. The lowest BCUT2D eigenvalue weighted by molar-refractivity contribution is -0.121. The molecule has 4 nitrogen and oxygen atoms in total. The highest BCUT2D eigenvalue weighted by Crippen LogP contribution is 2.02. The summed E-state index contributed by atoms with van der Waals surface area (Å²) in [5.41, 5.74) is 0. The molecule has 0 aromatic carbocycles. The van der Waals surface area contributed by atoms with Crippen LogP contribution in [0.4, 0.5) is 0 Å². The Labute approximate surface area is 60.9 Å². The van der Waals surface area contributed by atoms with Gasteiger partial charge in [-0.05, 0) is 6.92 Å². The zero-order valence-corrected chi connectivity index (χ0v) is 6.37. The largest absolute Gasteiger partial charge is 0.412 e. The number of hydrogen-bond donors (Lipinski definition) is 0. The second-order valence-corrected chi connectivity index (χ2v) is 2.03. The third-order valence-electron chi connectivity index (χ3n) is 1.14. The van der Waals surface area contributed by atoms with Gasteiger partial charge in [-0.15, -0.1) is 0 Å². The molecule has 1 rings (SSSR count). The molecule has 60 valence electrons. The summed E-state index contributed by atoms with van der Waals surface area (Å²) >= 11 is 0. The van der Waals surface area contributed by atoms with Gasteiger partial charge in [0.25, 0.3) is 0 Å². The molecule has 1 aliphatic rings. The van der Waals surface area contributed by atoms with Crippen LogP contribution in [0.2, 0.25) is 0 Å². The predicted molar refractivity (Wildman–Crippen MR) is 38.8 cm³/mol. The Balaban J connectivity index is 0.000000810. The molecule has 0 aromatic heterocycles. The SMILES string of the molecule is CCON1C=CN(C)C1.O. The molecule has 0 saturated carbocycles. The fraction of sp³-hybridized carbons (Fsp3) is 0.667. The topological polar surface area (TPSA) is 47.2 Å². The van der Waals surface area contributed by atoms with Gasteiger partial charge in [-0.2, -0.15) is 0 Å². The highest BCUT2D eigenvalue weighted by atomic mass is 16.7.